The first-order valence-electron chi connectivity index (χ1n) is 11.7. The van der Waals surface area contributed by atoms with Gasteiger partial charge in [0.05, 0.1) is 0 Å². The number of carboxylic acid groups (broad SMARTS) is 4. The maximum Gasteiger partial charge on any atom is 4.00 e. The van der Waals surface area contributed by atoms with Crippen LogP contribution in [0.5, 0.6) is 0 Å². The van der Waals surface area contributed by atoms with Gasteiger partial charge in [0, 0.05) is 23.9 Å². The van der Waals surface area contributed by atoms with Crippen LogP contribution in [0, 0.1) is 23.7 Å². The standard InChI is InChI=1S/4C6H12O2.Pb/c4*1-3-5(4-2)6(7)8;/h4*5H,3-4H2,1-2H3,(H,7,8);/q;;;;+4/p-4. The molecule has 0 aromatic rings. The topological polar surface area (TPSA) is 161 Å². The third-order valence-electron chi connectivity index (χ3n) is 5.28. The van der Waals surface area contributed by atoms with E-state index in [9.17, 15) is 39.6 Å². The van der Waals surface area contributed by atoms with Gasteiger partial charge in [0.25, 0.3) is 0 Å². The molecule has 0 aromatic carbocycles. The summed E-state index contributed by atoms with van der Waals surface area (Å²) in [5.74, 6) is -4.65. The Kier molecular flexibility index (Phi) is 36.7. The molecule has 0 fully saturated rings. The monoisotopic (exact) mass is 668 g/mol. The molecule has 0 atom stereocenters. The zero-order chi connectivity index (χ0) is 26.3. The molecule has 0 aliphatic heterocycles. The summed E-state index contributed by atoms with van der Waals surface area (Å²) in [5.41, 5.74) is 0. The van der Waals surface area contributed by atoms with Gasteiger partial charge in [-0.3, -0.25) is 0 Å². The maximum absolute atomic E-state index is 10.1. The largest absolute Gasteiger partial charge is 4.00 e. The first kappa shape index (κ1) is 42.0. The van der Waals surface area contributed by atoms with E-state index in [1.165, 1.54) is 0 Å². The summed E-state index contributed by atoms with van der Waals surface area (Å²) in [7, 11) is 0. The maximum atomic E-state index is 10.1. The van der Waals surface area contributed by atoms with Gasteiger partial charge in [-0.05, 0) is 75.0 Å². The SMILES string of the molecule is CCC(CC)C(=O)[O-].CCC(CC)C(=O)[O-].CCC(CC)C(=O)[O-].CCC(CC)C(=O)[O-].[Pb+4]. The van der Waals surface area contributed by atoms with Crippen LogP contribution in [0.1, 0.15) is 107 Å². The van der Waals surface area contributed by atoms with E-state index in [2.05, 4.69) is 0 Å². The molecule has 0 rings (SSSR count). The third-order valence-corrected chi connectivity index (χ3v) is 5.28. The Morgan fingerprint density at radius 1 is 0.394 bits per heavy atom. The molecule has 0 saturated heterocycles. The zero-order valence-electron chi connectivity index (χ0n) is 21.7. The average Bonchev–Trinajstić information content (AvgIpc) is 2.72. The minimum absolute atomic E-state index is 0. The van der Waals surface area contributed by atoms with E-state index in [0.717, 1.165) is 0 Å². The fourth-order valence-electron chi connectivity index (χ4n) is 2.49. The minimum atomic E-state index is -0.921. The summed E-state index contributed by atoms with van der Waals surface area (Å²) >= 11 is 0. The van der Waals surface area contributed by atoms with E-state index < -0.39 is 23.9 Å². The summed E-state index contributed by atoms with van der Waals surface area (Å²) in [4.78, 5) is 40.2. The number of aliphatic carboxylic acids is 4. The van der Waals surface area contributed by atoms with Crippen LogP contribution in [-0.4, -0.2) is 51.2 Å². The average molecular weight is 668 g/mol. The van der Waals surface area contributed by atoms with E-state index in [-0.39, 0.29) is 51.0 Å². The van der Waals surface area contributed by atoms with Crippen LogP contribution in [0.25, 0.3) is 0 Å². The van der Waals surface area contributed by atoms with Gasteiger partial charge < -0.3 is 39.6 Å². The molecule has 0 saturated carbocycles. The fraction of sp³-hybridized carbons (Fsp3) is 0.833. The summed E-state index contributed by atoms with van der Waals surface area (Å²) in [5, 5.41) is 40.2. The van der Waals surface area contributed by atoms with E-state index in [4.69, 9.17) is 0 Å². The van der Waals surface area contributed by atoms with Crippen molar-refractivity contribution in [2.75, 3.05) is 0 Å². The Bertz CT molecular complexity index is 393. The molecule has 0 spiro atoms. The second-order valence-corrected chi connectivity index (χ2v) is 7.33. The molecule has 9 heteroatoms. The molecule has 192 valence electrons. The number of carboxylic acids is 4. The Morgan fingerprint density at radius 2 is 0.485 bits per heavy atom. The van der Waals surface area contributed by atoms with Crippen molar-refractivity contribution >= 4 is 51.2 Å². The zero-order valence-corrected chi connectivity index (χ0v) is 25.6. The second-order valence-electron chi connectivity index (χ2n) is 7.33. The van der Waals surface area contributed by atoms with Crippen LogP contribution >= 0.6 is 0 Å². The number of carbonyl (C=O) groups excluding carboxylic acids is 4. The predicted octanol–water partition coefficient (Wildman–Crippen LogP) is 0.309. The second kappa shape index (κ2) is 28.8. The first-order valence-corrected chi connectivity index (χ1v) is 11.7. The van der Waals surface area contributed by atoms with Crippen molar-refractivity contribution < 1.29 is 39.6 Å². The molecule has 0 N–H and O–H groups in total. The molecule has 0 amide bonds. The number of rotatable bonds is 12. The number of carbonyl (C=O) groups is 4. The van der Waals surface area contributed by atoms with Gasteiger partial charge in [0.1, 0.15) is 0 Å². The van der Waals surface area contributed by atoms with Gasteiger partial charge >= 0.3 is 27.3 Å². The molecule has 0 heterocycles. The van der Waals surface area contributed by atoms with Gasteiger partial charge in [-0.2, -0.15) is 0 Å². The Labute approximate surface area is 220 Å². The van der Waals surface area contributed by atoms with Crippen LogP contribution in [0.2, 0.25) is 0 Å². The van der Waals surface area contributed by atoms with Gasteiger partial charge in [0.15, 0.2) is 0 Å². The van der Waals surface area contributed by atoms with E-state index in [1.807, 2.05) is 55.4 Å². The minimum Gasteiger partial charge on any atom is -0.550 e. The number of hydrogen-bond donors (Lipinski definition) is 0. The Balaban J connectivity index is -0.000000105. The van der Waals surface area contributed by atoms with Crippen LogP contribution in [0.15, 0.2) is 0 Å². The Hall–Kier alpha value is -1.20. The predicted molar refractivity (Wildman–Crippen MR) is 122 cm³/mol. The van der Waals surface area contributed by atoms with Crippen molar-refractivity contribution in [3.63, 3.8) is 0 Å². The molecule has 0 aliphatic carbocycles. The summed E-state index contributed by atoms with van der Waals surface area (Å²) in [6, 6.07) is 0. The van der Waals surface area contributed by atoms with Crippen molar-refractivity contribution in [1.29, 1.82) is 0 Å². The van der Waals surface area contributed by atoms with E-state index >= 15 is 0 Å². The van der Waals surface area contributed by atoms with Crippen LogP contribution in [0.3, 0.4) is 0 Å². The van der Waals surface area contributed by atoms with Crippen LogP contribution in [0.4, 0.5) is 0 Å². The molecule has 0 bridgehead atoms. The smallest absolute Gasteiger partial charge is 0.550 e. The van der Waals surface area contributed by atoms with E-state index in [1.54, 1.807) is 0 Å². The molecule has 0 unspecified atom stereocenters. The molecule has 8 nitrogen and oxygen atoms in total. The van der Waals surface area contributed by atoms with Gasteiger partial charge in [-0.25, -0.2) is 0 Å². The van der Waals surface area contributed by atoms with Crippen LogP contribution in [-0.2, 0) is 19.2 Å². The third kappa shape index (κ3) is 26.9. The quantitative estimate of drug-likeness (QED) is 0.269. The van der Waals surface area contributed by atoms with Crippen molar-refractivity contribution in [2.24, 2.45) is 23.7 Å². The van der Waals surface area contributed by atoms with Gasteiger partial charge in [-0.1, -0.05) is 55.4 Å². The fourth-order valence-corrected chi connectivity index (χ4v) is 2.49. The summed E-state index contributed by atoms with van der Waals surface area (Å²) in [6.45, 7) is 14.8. The molecule has 0 radical (unpaired) electrons. The molecular weight excluding hydrogens is 623 g/mol. The van der Waals surface area contributed by atoms with Gasteiger partial charge in [-0.15, -0.1) is 0 Å². The molecular formula is C24H44O8Pb. The number of hydrogen-bond acceptors (Lipinski definition) is 8. The van der Waals surface area contributed by atoms with Crippen molar-refractivity contribution in [1.82, 2.24) is 0 Å². The van der Waals surface area contributed by atoms with Gasteiger partial charge in [0.2, 0.25) is 0 Å². The molecule has 0 aliphatic rings. The summed E-state index contributed by atoms with van der Waals surface area (Å²) < 4.78 is 0. The van der Waals surface area contributed by atoms with Crippen molar-refractivity contribution in [3.05, 3.63) is 0 Å². The van der Waals surface area contributed by atoms with Crippen molar-refractivity contribution in [2.45, 2.75) is 107 Å². The normalized spacial score (nSPS) is 9.58. The molecule has 0 aromatic heterocycles. The van der Waals surface area contributed by atoms with Crippen LogP contribution < -0.4 is 20.4 Å². The molecule has 33 heavy (non-hydrogen) atoms. The first-order chi connectivity index (χ1) is 14.9. The van der Waals surface area contributed by atoms with Crippen molar-refractivity contribution in [3.8, 4) is 0 Å². The van der Waals surface area contributed by atoms with E-state index in [0.29, 0.717) is 51.4 Å². The Morgan fingerprint density at radius 3 is 0.485 bits per heavy atom. The summed E-state index contributed by atoms with van der Waals surface area (Å²) in [6.07, 6.45) is 5.44.